The molecule has 1 heterocycles. The Bertz CT molecular complexity index is 1170. The first-order valence-electron chi connectivity index (χ1n) is 9.82. The number of carbonyl (C=O) groups is 2. The number of nitrogens with zero attached hydrogens (tertiary/aromatic N) is 3. The van der Waals surface area contributed by atoms with Crippen LogP contribution in [0, 0.1) is 13.8 Å². The molecule has 0 aliphatic carbocycles. The van der Waals surface area contributed by atoms with Crippen molar-refractivity contribution in [3.63, 3.8) is 0 Å². The van der Waals surface area contributed by atoms with Gasteiger partial charge in [-0.05, 0) is 55.8 Å². The summed E-state index contributed by atoms with van der Waals surface area (Å²) >= 11 is 4.66. The number of hydrogen-bond donors (Lipinski definition) is 2. The minimum atomic E-state index is -0.976. The summed E-state index contributed by atoms with van der Waals surface area (Å²) in [6.07, 6.45) is 1.50. The molecule has 0 fully saturated rings. The monoisotopic (exact) mass is 528 g/mol. The first-order chi connectivity index (χ1) is 15.8. The number of ether oxygens (including phenoxy) is 1. The van der Waals surface area contributed by atoms with E-state index in [9.17, 15) is 9.59 Å². The number of aryl methyl sites for hydroxylation is 2. The molecule has 0 aliphatic heterocycles. The van der Waals surface area contributed by atoms with E-state index in [1.54, 1.807) is 18.2 Å². The van der Waals surface area contributed by atoms with Gasteiger partial charge < -0.3 is 9.84 Å². The molecule has 1 aromatic heterocycles. The van der Waals surface area contributed by atoms with Gasteiger partial charge in [-0.15, -0.1) is 0 Å². The van der Waals surface area contributed by atoms with Crippen LogP contribution in [0.25, 0.3) is 0 Å². The Kier molecular flexibility index (Phi) is 8.56. The quantitative estimate of drug-likeness (QED) is 0.183. The van der Waals surface area contributed by atoms with Gasteiger partial charge in [0.2, 0.25) is 0 Å². The average Bonchev–Trinajstić information content (AvgIpc) is 2.77. The summed E-state index contributed by atoms with van der Waals surface area (Å²) in [5, 5.41) is 13.6. The molecule has 0 unspecified atom stereocenters. The standard InChI is InChI=1S/C23H21BrN4O4S/c1-14-9-15(2)27-23(26-14)33-13-21(29)28-25-11-18-10-19(24)7-8-20(18)32-12-16-3-5-17(6-4-16)22(30)31/h3-11H,12-13H2,1-2H3,(H,28,29)(H,30,31)/b25-11-. The lowest BCUT2D eigenvalue weighted by molar-refractivity contribution is -0.118. The van der Waals surface area contributed by atoms with Gasteiger partial charge in [-0.3, -0.25) is 4.79 Å². The van der Waals surface area contributed by atoms with Gasteiger partial charge in [-0.1, -0.05) is 39.8 Å². The van der Waals surface area contributed by atoms with Crippen LogP contribution >= 0.6 is 27.7 Å². The summed E-state index contributed by atoms with van der Waals surface area (Å²) in [6.45, 7) is 4.01. The number of aromatic carboxylic acids is 1. The predicted octanol–water partition coefficient (Wildman–Crippen LogP) is 4.38. The zero-order valence-corrected chi connectivity index (χ0v) is 20.3. The molecule has 3 rings (SSSR count). The van der Waals surface area contributed by atoms with E-state index < -0.39 is 5.97 Å². The number of amides is 1. The third-order valence-electron chi connectivity index (χ3n) is 4.25. The SMILES string of the molecule is Cc1cc(C)nc(SCC(=O)N/N=C\c2cc(Br)ccc2OCc2ccc(C(=O)O)cc2)n1. The van der Waals surface area contributed by atoms with Crippen molar-refractivity contribution in [2.75, 3.05) is 5.75 Å². The summed E-state index contributed by atoms with van der Waals surface area (Å²) < 4.78 is 6.70. The number of rotatable bonds is 9. The van der Waals surface area contributed by atoms with E-state index in [4.69, 9.17) is 9.84 Å². The molecule has 8 nitrogen and oxygen atoms in total. The van der Waals surface area contributed by atoms with Gasteiger partial charge in [-0.2, -0.15) is 5.10 Å². The Morgan fingerprint density at radius 3 is 2.48 bits per heavy atom. The van der Waals surface area contributed by atoms with Gasteiger partial charge in [0.15, 0.2) is 5.16 Å². The Hall–Kier alpha value is -3.24. The molecule has 0 atom stereocenters. The highest BCUT2D eigenvalue weighted by molar-refractivity contribution is 9.10. The summed E-state index contributed by atoms with van der Waals surface area (Å²) in [5.74, 6) is -0.559. The van der Waals surface area contributed by atoms with Crippen LogP contribution in [0.15, 0.2) is 63.3 Å². The number of benzene rings is 2. The van der Waals surface area contributed by atoms with Crippen LogP contribution in [0.3, 0.4) is 0 Å². The van der Waals surface area contributed by atoms with Crippen LogP contribution in [0.4, 0.5) is 0 Å². The van der Waals surface area contributed by atoms with E-state index >= 15 is 0 Å². The molecule has 10 heteroatoms. The normalized spacial score (nSPS) is 10.9. The summed E-state index contributed by atoms with van der Waals surface area (Å²) in [4.78, 5) is 31.7. The van der Waals surface area contributed by atoms with Crippen molar-refractivity contribution >= 4 is 45.8 Å². The fraction of sp³-hybridized carbons (Fsp3) is 0.174. The lowest BCUT2D eigenvalue weighted by Crippen LogP contribution is -2.20. The summed E-state index contributed by atoms with van der Waals surface area (Å²) in [6, 6.07) is 13.8. The second-order valence-electron chi connectivity index (χ2n) is 6.99. The summed E-state index contributed by atoms with van der Waals surface area (Å²) in [7, 11) is 0. The van der Waals surface area contributed by atoms with Gasteiger partial charge in [0.05, 0.1) is 17.5 Å². The lowest BCUT2D eigenvalue weighted by atomic mass is 10.1. The van der Waals surface area contributed by atoms with Crippen LogP contribution in [0.2, 0.25) is 0 Å². The van der Waals surface area contributed by atoms with Gasteiger partial charge in [0.25, 0.3) is 5.91 Å². The number of carboxylic acids is 1. The molecule has 3 aromatic rings. The molecule has 0 aliphatic rings. The Labute approximate surface area is 203 Å². The maximum absolute atomic E-state index is 12.1. The van der Waals surface area contributed by atoms with Gasteiger partial charge in [0.1, 0.15) is 12.4 Å². The maximum Gasteiger partial charge on any atom is 0.335 e. The van der Waals surface area contributed by atoms with Crippen molar-refractivity contribution in [3.05, 3.63) is 81.1 Å². The van der Waals surface area contributed by atoms with Gasteiger partial charge in [0, 0.05) is 21.4 Å². The van der Waals surface area contributed by atoms with Crippen molar-refractivity contribution in [1.29, 1.82) is 0 Å². The molecule has 1 amide bonds. The van der Waals surface area contributed by atoms with Crippen molar-refractivity contribution in [3.8, 4) is 5.75 Å². The van der Waals surface area contributed by atoms with Crippen LogP contribution in [-0.2, 0) is 11.4 Å². The van der Waals surface area contributed by atoms with Gasteiger partial charge in [-0.25, -0.2) is 20.2 Å². The molecular weight excluding hydrogens is 508 g/mol. The molecule has 33 heavy (non-hydrogen) atoms. The smallest absolute Gasteiger partial charge is 0.335 e. The molecule has 0 saturated carbocycles. The topological polar surface area (TPSA) is 114 Å². The van der Waals surface area contributed by atoms with Crippen LogP contribution in [0.1, 0.15) is 32.9 Å². The fourth-order valence-electron chi connectivity index (χ4n) is 2.75. The maximum atomic E-state index is 12.1. The zero-order chi connectivity index (χ0) is 23.8. The van der Waals surface area contributed by atoms with Crippen LogP contribution < -0.4 is 10.2 Å². The number of nitrogens with one attached hydrogen (secondary N) is 1. The Morgan fingerprint density at radius 2 is 1.82 bits per heavy atom. The molecule has 0 spiro atoms. The first-order valence-corrected chi connectivity index (χ1v) is 11.6. The summed E-state index contributed by atoms with van der Waals surface area (Å²) in [5.41, 5.74) is 5.90. The average molecular weight is 529 g/mol. The van der Waals surface area contributed by atoms with E-state index in [0.717, 1.165) is 21.4 Å². The highest BCUT2D eigenvalue weighted by atomic mass is 79.9. The number of hydrogen-bond acceptors (Lipinski definition) is 7. The minimum Gasteiger partial charge on any atom is -0.488 e. The lowest BCUT2D eigenvalue weighted by Gasteiger charge is -2.10. The molecule has 0 saturated heterocycles. The van der Waals surface area contributed by atoms with E-state index in [0.29, 0.717) is 16.5 Å². The third-order valence-corrected chi connectivity index (χ3v) is 5.59. The minimum absolute atomic E-state index is 0.133. The second kappa shape index (κ2) is 11.6. The zero-order valence-electron chi connectivity index (χ0n) is 17.9. The highest BCUT2D eigenvalue weighted by Gasteiger charge is 2.07. The molecule has 170 valence electrons. The Balaban J connectivity index is 1.57. The number of halogens is 1. The Morgan fingerprint density at radius 1 is 1.12 bits per heavy atom. The third kappa shape index (κ3) is 7.69. The number of thioether (sulfide) groups is 1. The van der Waals surface area contributed by atoms with E-state index in [2.05, 4.69) is 36.4 Å². The number of hydrazone groups is 1. The van der Waals surface area contributed by atoms with Crippen molar-refractivity contribution in [2.24, 2.45) is 5.10 Å². The van der Waals surface area contributed by atoms with Crippen molar-refractivity contribution in [1.82, 2.24) is 15.4 Å². The van der Waals surface area contributed by atoms with E-state index in [-0.39, 0.29) is 23.8 Å². The number of carboxylic acid groups (broad SMARTS) is 1. The fourth-order valence-corrected chi connectivity index (χ4v) is 3.87. The molecule has 0 bridgehead atoms. The number of carbonyl (C=O) groups excluding carboxylic acids is 1. The second-order valence-corrected chi connectivity index (χ2v) is 8.85. The number of aromatic nitrogens is 2. The molecule has 2 N–H and O–H groups in total. The van der Waals surface area contributed by atoms with Crippen molar-refractivity contribution < 1.29 is 19.4 Å². The predicted molar refractivity (Wildman–Crippen MR) is 130 cm³/mol. The first kappa shape index (κ1) is 24.4. The van der Waals surface area contributed by atoms with Gasteiger partial charge >= 0.3 is 5.97 Å². The van der Waals surface area contributed by atoms with Crippen LogP contribution in [-0.4, -0.2) is 38.9 Å². The van der Waals surface area contributed by atoms with E-state index in [1.807, 2.05) is 32.0 Å². The molecule has 0 radical (unpaired) electrons. The van der Waals surface area contributed by atoms with Crippen molar-refractivity contribution in [2.45, 2.75) is 25.6 Å². The highest BCUT2D eigenvalue weighted by Crippen LogP contribution is 2.23. The largest absolute Gasteiger partial charge is 0.488 e. The van der Waals surface area contributed by atoms with Crippen LogP contribution in [0.5, 0.6) is 5.75 Å². The van der Waals surface area contributed by atoms with E-state index in [1.165, 1.54) is 30.1 Å². The molecular formula is C23H21BrN4O4S. The molecule has 2 aromatic carbocycles.